The zero-order chi connectivity index (χ0) is 13.5. The molecule has 0 aromatic rings. The molecule has 0 aromatic heterocycles. The highest BCUT2D eigenvalue weighted by atomic mass is 16.5. The van der Waals surface area contributed by atoms with Crippen LogP contribution in [0.25, 0.3) is 0 Å². The monoisotopic (exact) mass is 266 g/mol. The SMILES string of the molecule is COC(C)CCC[C@H]1CC[C@H](C2CCCCC2)CC1. The molecule has 1 heteroatoms. The number of hydrogen-bond acceptors (Lipinski definition) is 1. The molecule has 0 saturated heterocycles. The van der Waals surface area contributed by atoms with E-state index < -0.39 is 0 Å². The topological polar surface area (TPSA) is 9.23 Å². The molecule has 1 atom stereocenters. The second-order valence-electron chi connectivity index (χ2n) is 7.16. The smallest absolute Gasteiger partial charge is 0.0543 e. The minimum Gasteiger partial charge on any atom is -0.382 e. The van der Waals surface area contributed by atoms with Crippen molar-refractivity contribution in [3.63, 3.8) is 0 Å². The highest BCUT2D eigenvalue weighted by Crippen LogP contribution is 2.41. The summed E-state index contributed by atoms with van der Waals surface area (Å²) in [4.78, 5) is 0. The maximum Gasteiger partial charge on any atom is 0.0543 e. The first-order valence-corrected chi connectivity index (χ1v) is 8.82. The summed E-state index contributed by atoms with van der Waals surface area (Å²) in [6.07, 6.45) is 18.2. The van der Waals surface area contributed by atoms with Gasteiger partial charge in [0.15, 0.2) is 0 Å². The van der Waals surface area contributed by atoms with Gasteiger partial charge >= 0.3 is 0 Å². The van der Waals surface area contributed by atoms with Crippen molar-refractivity contribution in [2.75, 3.05) is 7.11 Å². The van der Waals surface area contributed by atoms with Crippen molar-refractivity contribution in [3.8, 4) is 0 Å². The van der Waals surface area contributed by atoms with Crippen LogP contribution in [0, 0.1) is 17.8 Å². The van der Waals surface area contributed by atoms with Gasteiger partial charge in [0.05, 0.1) is 6.10 Å². The Labute approximate surface area is 120 Å². The first-order valence-electron chi connectivity index (χ1n) is 8.82. The lowest BCUT2D eigenvalue weighted by atomic mass is 9.70. The molecule has 0 heterocycles. The standard InChI is InChI=1S/C18H34O/c1-15(19-2)7-6-8-16-11-13-18(14-12-16)17-9-4-3-5-10-17/h15-18H,3-14H2,1-2H3/t15?,16-,18-. The summed E-state index contributed by atoms with van der Waals surface area (Å²) in [5.41, 5.74) is 0. The molecule has 0 bridgehead atoms. The third-order valence-electron chi connectivity index (χ3n) is 5.83. The summed E-state index contributed by atoms with van der Waals surface area (Å²) in [6, 6.07) is 0. The highest BCUT2D eigenvalue weighted by molar-refractivity contribution is 4.80. The molecule has 0 N–H and O–H groups in total. The largest absolute Gasteiger partial charge is 0.382 e. The normalized spacial score (nSPS) is 31.3. The van der Waals surface area contributed by atoms with Crippen LogP contribution in [-0.4, -0.2) is 13.2 Å². The molecule has 0 spiro atoms. The molecule has 2 fully saturated rings. The van der Waals surface area contributed by atoms with Crippen LogP contribution in [0.1, 0.15) is 84.0 Å². The lowest BCUT2D eigenvalue weighted by Gasteiger charge is -2.36. The third-order valence-corrected chi connectivity index (χ3v) is 5.83. The Kier molecular flexibility index (Phi) is 6.70. The average molecular weight is 266 g/mol. The Balaban J connectivity index is 1.59. The molecule has 0 aromatic carbocycles. The number of ether oxygens (including phenoxy) is 1. The van der Waals surface area contributed by atoms with Crippen LogP contribution in [0.5, 0.6) is 0 Å². The Morgan fingerprint density at radius 1 is 0.895 bits per heavy atom. The Morgan fingerprint density at radius 3 is 2.16 bits per heavy atom. The number of methoxy groups -OCH3 is 1. The second-order valence-corrected chi connectivity index (χ2v) is 7.16. The molecule has 0 radical (unpaired) electrons. The van der Waals surface area contributed by atoms with Gasteiger partial charge in [-0.25, -0.2) is 0 Å². The molecule has 0 aliphatic heterocycles. The van der Waals surface area contributed by atoms with Crippen LogP contribution in [0.3, 0.4) is 0 Å². The Bertz CT molecular complexity index is 224. The fraction of sp³-hybridized carbons (Fsp3) is 1.00. The molecule has 2 rings (SSSR count). The zero-order valence-corrected chi connectivity index (χ0v) is 13.2. The van der Waals surface area contributed by atoms with E-state index in [4.69, 9.17) is 4.74 Å². The van der Waals surface area contributed by atoms with Crippen molar-refractivity contribution in [2.24, 2.45) is 17.8 Å². The van der Waals surface area contributed by atoms with Gasteiger partial charge < -0.3 is 4.74 Å². The molecule has 112 valence electrons. The fourth-order valence-electron chi connectivity index (χ4n) is 4.37. The third kappa shape index (κ3) is 5.10. The van der Waals surface area contributed by atoms with Crippen molar-refractivity contribution in [3.05, 3.63) is 0 Å². The van der Waals surface area contributed by atoms with Crippen molar-refractivity contribution in [1.82, 2.24) is 0 Å². The van der Waals surface area contributed by atoms with Crippen LogP contribution < -0.4 is 0 Å². The van der Waals surface area contributed by atoms with Crippen LogP contribution in [-0.2, 0) is 4.74 Å². The fourth-order valence-corrected chi connectivity index (χ4v) is 4.37. The summed E-state index contributed by atoms with van der Waals surface area (Å²) in [6.45, 7) is 2.19. The average Bonchev–Trinajstić information content (AvgIpc) is 2.48. The van der Waals surface area contributed by atoms with Crippen molar-refractivity contribution in [1.29, 1.82) is 0 Å². The Hall–Kier alpha value is -0.0400. The highest BCUT2D eigenvalue weighted by Gasteiger charge is 2.28. The van der Waals surface area contributed by atoms with Gasteiger partial charge in [-0.2, -0.15) is 0 Å². The van der Waals surface area contributed by atoms with Gasteiger partial charge in [0, 0.05) is 7.11 Å². The molecular weight excluding hydrogens is 232 g/mol. The molecule has 19 heavy (non-hydrogen) atoms. The molecule has 2 aliphatic rings. The first-order chi connectivity index (χ1) is 9.29. The molecule has 0 amide bonds. The lowest BCUT2D eigenvalue weighted by molar-refractivity contribution is 0.104. The Morgan fingerprint density at radius 2 is 1.53 bits per heavy atom. The summed E-state index contributed by atoms with van der Waals surface area (Å²) in [7, 11) is 1.83. The van der Waals surface area contributed by atoms with E-state index in [9.17, 15) is 0 Å². The van der Waals surface area contributed by atoms with E-state index >= 15 is 0 Å². The van der Waals surface area contributed by atoms with E-state index in [1.54, 1.807) is 12.8 Å². The first kappa shape index (κ1) is 15.4. The van der Waals surface area contributed by atoms with Crippen LogP contribution in [0.15, 0.2) is 0 Å². The molecule has 2 aliphatic carbocycles. The predicted molar refractivity (Wildman–Crippen MR) is 82.3 cm³/mol. The van der Waals surface area contributed by atoms with Gasteiger partial charge in [-0.1, -0.05) is 57.8 Å². The van der Waals surface area contributed by atoms with E-state index in [-0.39, 0.29) is 0 Å². The van der Waals surface area contributed by atoms with Crippen LogP contribution in [0.4, 0.5) is 0 Å². The van der Waals surface area contributed by atoms with Crippen LogP contribution in [0.2, 0.25) is 0 Å². The second kappa shape index (κ2) is 8.29. The van der Waals surface area contributed by atoms with Crippen molar-refractivity contribution < 1.29 is 4.74 Å². The van der Waals surface area contributed by atoms with Gasteiger partial charge in [-0.3, -0.25) is 0 Å². The van der Waals surface area contributed by atoms with E-state index in [0.29, 0.717) is 6.10 Å². The molecular formula is C18H34O. The summed E-state index contributed by atoms with van der Waals surface area (Å²) >= 11 is 0. The van der Waals surface area contributed by atoms with E-state index in [2.05, 4.69) is 6.92 Å². The van der Waals surface area contributed by atoms with Crippen LogP contribution >= 0.6 is 0 Å². The van der Waals surface area contributed by atoms with E-state index in [1.165, 1.54) is 64.2 Å². The lowest BCUT2D eigenvalue weighted by Crippen LogP contribution is -2.23. The van der Waals surface area contributed by atoms with Gasteiger partial charge in [0.25, 0.3) is 0 Å². The summed E-state index contributed by atoms with van der Waals surface area (Å²) < 4.78 is 5.34. The molecule has 2 saturated carbocycles. The summed E-state index contributed by atoms with van der Waals surface area (Å²) in [5, 5.41) is 0. The van der Waals surface area contributed by atoms with E-state index in [1.807, 2.05) is 7.11 Å². The van der Waals surface area contributed by atoms with Gasteiger partial charge in [0.2, 0.25) is 0 Å². The van der Waals surface area contributed by atoms with Gasteiger partial charge in [-0.05, 0) is 43.9 Å². The maximum atomic E-state index is 5.34. The summed E-state index contributed by atoms with van der Waals surface area (Å²) in [5.74, 6) is 3.22. The number of hydrogen-bond donors (Lipinski definition) is 0. The van der Waals surface area contributed by atoms with Gasteiger partial charge in [0.1, 0.15) is 0 Å². The van der Waals surface area contributed by atoms with E-state index in [0.717, 1.165) is 17.8 Å². The predicted octanol–water partition coefficient (Wildman–Crippen LogP) is 5.58. The minimum atomic E-state index is 0.457. The van der Waals surface area contributed by atoms with Crippen molar-refractivity contribution in [2.45, 2.75) is 90.1 Å². The number of rotatable bonds is 6. The molecule has 1 unspecified atom stereocenters. The maximum absolute atomic E-state index is 5.34. The zero-order valence-electron chi connectivity index (χ0n) is 13.2. The van der Waals surface area contributed by atoms with Crippen molar-refractivity contribution >= 4 is 0 Å². The molecule has 1 nitrogen and oxygen atoms in total. The minimum absolute atomic E-state index is 0.457. The van der Waals surface area contributed by atoms with Gasteiger partial charge in [-0.15, -0.1) is 0 Å². The quantitative estimate of drug-likeness (QED) is 0.610.